The van der Waals surface area contributed by atoms with Crippen molar-refractivity contribution in [3.8, 4) is 0 Å². The average molecular weight is 556 g/mol. The van der Waals surface area contributed by atoms with E-state index in [9.17, 15) is 18.0 Å². The molecule has 0 fully saturated rings. The van der Waals surface area contributed by atoms with Crippen LogP contribution in [0.15, 0.2) is 72.8 Å². The Labute approximate surface area is 230 Å². The first kappa shape index (κ1) is 29.2. The zero-order valence-corrected chi connectivity index (χ0v) is 23.7. The molecular formula is C29H34ClN3O4S. The van der Waals surface area contributed by atoms with Crippen LogP contribution < -0.4 is 9.62 Å². The molecule has 0 heterocycles. The van der Waals surface area contributed by atoms with Crippen molar-refractivity contribution in [2.45, 2.75) is 39.8 Å². The lowest BCUT2D eigenvalue weighted by molar-refractivity contribution is -0.140. The Kier molecular flexibility index (Phi) is 9.94. The summed E-state index contributed by atoms with van der Waals surface area (Å²) in [4.78, 5) is 28.8. The van der Waals surface area contributed by atoms with Crippen LogP contribution in [-0.2, 0) is 32.6 Å². The minimum Gasteiger partial charge on any atom is -0.355 e. The fourth-order valence-corrected chi connectivity index (χ4v) is 5.37. The van der Waals surface area contributed by atoms with Gasteiger partial charge in [-0.05, 0) is 61.2 Å². The molecule has 0 saturated carbocycles. The van der Waals surface area contributed by atoms with Crippen LogP contribution in [0.1, 0.15) is 29.2 Å². The van der Waals surface area contributed by atoms with Gasteiger partial charge in [0.25, 0.3) is 0 Å². The number of benzene rings is 3. The van der Waals surface area contributed by atoms with Gasteiger partial charge < -0.3 is 10.2 Å². The van der Waals surface area contributed by atoms with Crippen LogP contribution >= 0.6 is 11.6 Å². The van der Waals surface area contributed by atoms with Crippen LogP contribution in [0.4, 0.5) is 5.69 Å². The molecule has 1 N–H and O–H groups in total. The quantitative estimate of drug-likeness (QED) is 0.377. The third-order valence-corrected chi connectivity index (χ3v) is 7.54. The number of nitrogens with zero attached hydrogens (tertiary/aromatic N) is 2. The number of halogens is 1. The van der Waals surface area contributed by atoms with E-state index >= 15 is 0 Å². The number of aryl methyl sites for hydroxylation is 2. The van der Waals surface area contributed by atoms with Gasteiger partial charge in [-0.25, -0.2) is 8.42 Å². The highest BCUT2D eigenvalue weighted by Crippen LogP contribution is 2.25. The molecule has 2 amide bonds. The van der Waals surface area contributed by atoms with E-state index in [1.807, 2.05) is 62.4 Å². The molecule has 7 nitrogen and oxygen atoms in total. The Morgan fingerprint density at radius 3 is 2.26 bits per heavy atom. The van der Waals surface area contributed by atoms with Crippen LogP contribution in [0.3, 0.4) is 0 Å². The van der Waals surface area contributed by atoms with Gasteiger partial charge in [0, 0.05) is 24.5 Å². The minimum atomic E-state index is -3.82. The molecule has 0 aliphatic heterocycles. The number of amides is 2. The highest BCUT2D eigenvalue weighted by Gasteiger charge is 2.33. The summed E-state index contributed by atoms with van der Waals surface area (Å²) >= 11 is 6.22. The van der Waals surface area contributed by atoms with Crippen molar-refractivity contribution in [2.24, 2.45) is 0 Å². The molecule has 0 aromatic heterocycles. The zero-order chi connectivity index (χ0) is 27.9. The van der Waals surface area contributed by atoms with Crippen molar-refractivity contribution in [3.05, 3.63) is 100 Å². The summed E-state index contributed by atoms with van der Waals surface area (Å²) in [5.74, 6) is -0.812. The Bertz CT molecular complexity index is 1380. The van der Waals surface area contributed by atoms with E-state index < -0.39 is 28.5 Å². The van der Waals surface area contributed by atoms with E-state index in [0.717, 1.165) is 32.8 Å². The largest absolute Gasteiger partial charge is 0.355 e. The molecule has 1 atom stereocenters. The van der Waals surface area contributed by atoms with Crippen LogP contribution in [0.2, 0.25) is 5.02 Å². The maximum atomic E-state index is 14.0. The zero-order valence-electron chi connectivity index (χ0n) is 22.1. The van der Waals surface area contributed by atoms with E-state index in [4.69, 9.17) is 11.6 Å². The van der Waals surface area contributed by atoms with Crippen molar-refractivity contribution >= 4 is 39.1 Å². The number of carbonyl (C=O) groups excluding carboxylic acids is 2. The molecule has 0 aliphatic carbocycles. The maximum absolute atomic E-state index is 14.0. The first-order chi connectivity index (χ1) is 18.0. The van der Waals surface area contributed by atoms with E-state index in [-0.39, 0.29) is 18.9 Å². The van der Waals surface area contributed by atoms with Crippen molar-refractivity contribution in [3.63, 3.8) is 0 Å². The molecule has 9 heteroatoms. The summed E-state index contributed by atoms with van der Waals surface area (Å²) in [7, 11) is -3.82. The Hall–Kier alpha value is -3.36. The van der Waals surface area contributed by atoms with Gasteiger partial charge in [-0.1, -0.05) is 66.2 Å². The summed E-state index contributed by atoms with van der Waals surface area (Å²) in [6.45, 7) is 5.50. The summed E-state index contributed by atoms with van der Waals surface area (Å²) in [5, 5.41) is 3.34. The molecule has 38 heavy (non-hydrogen) atoms. The van der Waals surface area contributed by atoms with Crippen LogP contribution in [-0.4, -0.2) is 50.5 Å². The predicted molar refractivity (Wildman–Crippen MR) is 153 cm³/mol. The predicted octanol–water partition coefficient (Wildman–Crippen LogP) is 4.50. The van der Waals surface area contributed by atoms with E-state index in [0.29, 0.717) is 17.3 Å². The number of likely N-dealkylation sites (N-methyl/N-ethyl adjacent to an activating group) is 1. The van der Waals surface area contributed by atoms with Crippen LogP contribution in [0.5, 0.6) is 0 Å². The number of carbonyl (C=O) groups is 2. The molecule has 0 radical (unpaired) electrons. The summed E-state index contributed by atoms with van der Waals surface area (Å²) < 4.78 is 26.9. The first-order valence-electron chi connectivity index (χ1n) is 12.4. The van der Waals surface area contributed by atoms with Gasteiger partial charge in [-0.15, -0.1) is 0 Å². The average Bonchev–Trinajstić information content (AvgIpc) is 2.86. The normalized spacial score (nSPS) is 12.0. The molecule has 0 saturated heterocycles. The lowest BCUT2D eigenvalue weighted by Crippen LogP contribution is -2.53. The van der Waals surface area contributed by atoms with Gasteiger partial charge in [-0.2, -0.15) is 0 Å². The highest BCUT2D eigenvalue weighted by atomic mass is 35.5. The third-order valence-electron chi connectivity index (χ3n) is 6.18. The minimum absolute atomic E-state index is 0.0818. The maximum Gasteiger partial charge on any atom is 0.244 e. The lowest BCUT2D eigenvalue weighted by Gasteiger charge is -2.33. The van der Waals surface area contributed by atoms with Gasteiger partial charge >= 0.3 is 0 Å². The van der Waals surface area contributed by atoms with Crippen molar-refractivity contribution in [1.82, 2.24) is 10.2 Å². The third kappa shape index (κ3) is 7.82. The number of anilines is 1. The molecular weight excluding hydrogens is 522 g/mol. The first-order valence-corrected chi connectivity index (χ1v) is 14.6. The second-order valence-electron chi connectivity index (χ2n) is 9.31. The summed E-state index contributed by atoms with van der Waals surface area (Å²) in [5.41, 5.74) is 3.63. The SMILES string of the molecule is CCNC(=O)C(Cc1ccccc1)N(Cc1cccc(Cl)c1)C(=O)CN(c1cc(C)ccc1C)S(C)(=O)=O. The second-order valence-corrected chi connectivity index (χ2v) is 11.7. The van der Waals surface area contributed by atoms with Crippen molar-refractivity contribution in [2.75, 3.05) is 23.7 Å². The smallest absolute Gasteiger partial charge is 0.244 e. The monoisotopic (exact) mass is 555 g/mol. The molecule has 202 valence electrons. The number of hydrogen-bond acceptors (Lipinski definition) is 4. The van der Waals surface area contributed by atoms with E-state index in [2.05, 4.69) is 5.32 Å². The summed E-state index contributed by atoms with van der Waals surface area (Å²) in [6, 6.07) is 21.1. The number of nitrogens with one attached hydrogen (secondary N) is 1. The van der Waals surface area contributed by atoms with E-state index in [1.165, 1.54) is 4.90 Å². The van der Waals surface area contributed by atoms with E-state index in [1.54, 1.807) is 31.2 Å². The molecule has 0 aliphatic rings. The fourth-order valence-electron chi connectivity index (χ4n) is 4.26. The fraction of sp³-hybridized carbons (Fsp3) is 0.310. The Morgan fingerprint density at radius 1 is 0.947 bits per heavy atom. The van der Waals surface area contributed by atoms with Gasteiger partial charge in [0.2, 0.25) is 21.8 Å². The Morgan fingerprint density at radius 2 is 1.63 bits per heavy atom. The number of hydrogen-bond donors (Lipinski definition) is 1. The van der Waals surface area contributed by atoms with Crippen LogP contribution in [0.25, 0.3) is 0 Å². The molecule has 0 bridgehead atoms. The lowest BCUT2D eigenvalue weighted by atomic mass is 10.0. The molecule has 1 unspecified atom stereocenters. The topological polar surface area (TPSA) is 86.8 Å². The van der Waals surface area contributed by atoms with Gasteiger partial charge in [0.05, 0.1) is 11.9 Å². The standard InChI is InChI=1S/C29H34ClN3O4S/c1-5-31-29(35)27(18-23-10-7-6-8-11-23)32(19-24-12-9-13-25(30)17-24)28(34)20-33(38(4,36)37)26-16-21(2)14-15-22(26)3/h6-17,27H,5,18-20H2,1-4H3,(H,31,35). The molecule has 3 aromatic rings. The van der Waals surface area contributed by atoms with Gasteiger partial charge in [-0.3, -0.25) is 13.9 Å². The summed E-state index contributed by atoms with van der Waals surface area (Å²) in [6.07, 6.45) is 1.34. The molecule has 0 spiro atoms. The Balaban J connectivity index is 2.07. The number of sulfonamides is 1. The van der Waals surface area contributed by atoms with Crippen molar-refractivity contribution in [1.29, 1.82) is 0 Å². The van der Waals surface area contributed by atoms with Gasteiger partial charge in [0.15, 0.2) is 0 Å². The molecule has 3 aromatic carbocycles. The van der Waals surface area contributed by atoms with Gasteiger partial charge in [0.1, 0.15) is 12.6 Å². The second kappa shape index (κ2) is 12.9. The molecule has 3 rings (SSSR count). The highest BCUT2D eigenvalue weighted by molar-refractivity contribution is 7.92. The van der Waals surface area contributed by atoms with Crippen molar-refractivity contribution < 1.29 is 18.0 Å². The van der Waals surface area contributed by atoms with Crippen LogP contribution in [0, 0.1) is 13.8 Å². The number of rotatable bonds is 11.